The van der Waals surface area contributed by atoms with Gasteiger partial charge in [-0.2, -0.15) is 0 Å². The second-order valence-corrected chi connectivity index (χ2v) is 7.43. The average Bonchev–Trinajstić information content (AvgIpc) is 3.08. The summed E-state index contributed by atoms with van der Waals surface area (Å²) in [6, 6.07) is 5.93. The van der Waals surface area contributed by atoms with Gasteiger partial charge in [0, 0.05) is 11.9 Å². The van der Waals surface area contributed by atoms with Crippen LogP contribution in [0.3, 0.4) is 0 Å². The van der Waals surface area contributed by atoms with Crippen molar-refractivity contribution in [2.24, 2.45) is 5.92 Å². The molecule has 0 radical (unpaired) electrons. The molecule has 28 heavy (non-hydrogen) atoms. The van der Waals surface area contributed by atoms with Gasteiger partial charge in [-0.05, 0) is 25.0 Å². The summed E-state index contributed by atoms with van der Waals surface area (Å²) in [5.74, 6) is -0.856. The number of carbonyl (C=O) groups is 3. The topological polar surface area (TPSA) is 107 Å². The third-order valence-electron chi connectivity index (χ3n) is 3.41. The number of para-hydroxylation sites is 1. The zero-order chi connectivity index (χ0) is 20.5. The number of aromatic nitrogens is 1. The van der Waals surface area contributed by atoms with Crippen molar-refractivity contribution in [2.75, 3.05) is 13.2 Å². The number of nitrogens with zero attached hydrogens (tertiary/aromatic N) is 1. The highest BCUT2D eigenvalue weighted by molar-refractivity contribution is 7.09. The number of hydrogen-bond acceptors (Lipinski definition) is 7. The van der Waals surface area contributed by atoms with Gasteiger partial charge in [-0.3, -0.25) is 10.1 Å². The summed E-state index contributed by atoms with van der Waals surface area (Å²) in [5.41, 5.74) is 0.948. The van der Waals surface area contributed by atoms with Crippen LogP contribution in [0.25, 0.3) is 0 Å². The lowest BCUT2D eigenvalue weighted by molar-refractivity contribution is -0.123. The van der Waals surface area contributed by atoms with Crippen molar-refractivity contribution in [1.82, 2.24) is 15.6 Å². The molecule has 0 bridgehead atoms. The maximum atomic E-state index is 12.3. The molecule has 0 saturated heterocycles. The van der Waals surface area contributed by atoms with E-state index >= 15 is 0 Å². The van der Waals surface area contributed by atoms with Gasteiger partial charge in [-0.15, -0.1) is 11.3 Å². The molecule has 1 heterocycles. The fraction of sp³-hybridized carbons (Fsp3) is 0.368. The molecule has 1 aromatic heterocycles. The van der Waals surface area contributed by atoms with Crippen LogP contribution in [0.2, 0.25) is 0 Å². The van der Waals surface area contributed by atoms with E-state index in [1.165, 1.54) is 17.4 Å². The number of amides is 3. The Labute approximate surface area is 167 Å². The van der Waals surface area contributed by atoms with Gasteiger partial charge in [-0.1, -0.05) is 26.0 Å². The Morgan fingerprint density at radius 2 is 1.96 bits per heavy atom. The molecular formula is C19H23N3O5S. The van der Waals surface area contributed by atoms with Gasteiger partial charge in [0.1, 0.15) is 17.9 Å². The number of benzene rings is 1. The second-order valence-electron chi connectivity index (χ2n) is 6.37. The number of ether oxygens (including phenoxy) is 2. The van der Waals surface area contributed by atoms with Crippen molar-refractivity contribution >= 4 is 29.2 Å². The number of imide groups is 1. The van der Waals surface area contributed by atoms with Gasteiger partial charge in [0.05, 0.1) is 10.7 Å². The molecule has 0 atom stereocenters. The van der Waals surface area contributed by atoms with Gasteiger partial charge < -0.3 is 14.8 Å². The summed E-state index contributed by atoms with van der Waals surface area (Å²) < 4.78 is 10.7. The fourth-order valence-electron chi connectivity index (χ4n) is 2.10. The minimum Gasteiger partial charge on any atom is -0.486 e. The maximum absolute atomic E-state index is 12.3. The van der Waals surface area contributed by atoms with Gasteiger partial charge in [0.2, 0.25) is 0 Å². The highest BCUT2D eigenvalue weighted by Crippen LogP contribution is 2.20. The minimum absolute atomic E-state index is 0.187. The Kier molecular flexibility index (Phi) is 7.94. The average molecular weight is 405 g/mol. The standard InChI is InChI=1S/C19H23N3O5S/c1-12(2)8-20-19(25)22-17(23)10-27-18(24)15-6-4-5-7-16(15)26-9-14-11-28-13(3)21-14/h4-7,11-12H,8-10H2,1-3H3,(H2,20,22,23,25). The third kappa shape index (κ3) is 6.99. The van der Waals surface area contributed by atoms with E-state index < -0.39 is 24.5 Å². The number of carbonyl (C=O) groups excluding carboxylic acids is 3. The van der Waals surface area contributed by atoms with Crippen LogP contribution in [0, 0.1) is 12.8 Å². The number of rotatable bonds is 8. The van der Waals surface area contributed by atoms with E-state index in [0.29, 0.717) is 12.3 Å². The van der Waals surface area contributed by atoms with Crippen LogP contribution in [0.4, 0.5) is 4.79 Å². The normalized spacial score (nSPS) is 10.4. The van der Waals surface area contributed by atoms with Gasteiger partial charge >= 0.3 is 12.0 Å². The van der Waals surface area contributed by atoms with Crippen molar-refractivity contribution < 1.29 is 23.9 Å². The number of thiazole rings is 1. The maximum Gasteiger partial charge on any atom is 0.342 e. The minimum atomic E-state index is -0.720. The summed E-state index contributed by atoms with van der Waals surface area (Å²) in [4.78, 5) is 39.9. The lowest BCUT2D eigenvalue weighted by Gasteiger charge is -2.11. The van der Waals surface area contributed by atoms with Crippen molar-refractivity contribution in [3.8, 4) is 5.75 Å². The summed E-state index contributed by atoms with van der Waals surface area (Å²) in [6.07, 6.45) is 0. The molecule has 9 heteroatoms. The Morgan fingerprint density at radius 1 is 1.21 bits per heavy atom. The zero-order valence-electron chi connectivity index (χ0n) is 16.0. The highest BCUT2D eigenvalue weighted by Gasteiger charge is 2.16. The Balaban J connectivity index is 1.86. The monoisotopic (exact) mass is 405 g/mol. The smallest absolute Gasteiger partial charge is 0.342 e. The number of urea groups is 1. The largest absolute Gasteiger partial charge is 0.486 e. The Morgan fingerprint density at radius 3 is 2.64 bits per heavy atom. The van der Waals surface area contributed by atoms with Crippen molar-refractivity contribution in [1.29, 1.82) is 0 Å². The first-order valence-corrected chi connectivity index (χ1v) is 9.60. The molecule has 3 amide bonds. The Bertz CT molecular complexity index is 834. The van der Waals surface area contributed by atoms with Crippen LogP contribution in [0.5, 0.6) is 5.75 Å². The molecule has 0 aliphatic carbocycles. The first-order valence-electron chi connectivity index (χ1n) is 8.72. The fourth-order valence-corrected chi connectivity index (χ4v) is 2.70. The quantitative estimate of drug-likeness (QED) is 0.654. The highest BCUT2D eigenvalue weighted by atomic mass is 32.1. The van der Waals surface area contributed by atoms with Crippen LogP contribution in [-0.4, -0.2) is 36.0 Å². The molecule has 2 aromatic rings. The van der Waals surface area contributed by atoms with Crippen LogP contribution < -0.4 is 15.4 Å². The molecule has 8 nitrogen and oxygen atoms in total. The van der Waals surface area contributed by atoms with E-state index in [-0.39, 0.29) is 18.1 Å². The molecule has 0 saturated carbocycles. The SMILES string of the molecule is Cc1nc(COc2ccccc2C(=O)OCC(=O)NC(=O)NCC(C)C)cs1. The zero-order valence-corrected chi connectivity index (χ0v) is 16.8. The number of hydrogen-bond donors (Lipinski definition) is 2. The Hall–Kier alpha value is -2.94. The van der Waals surface area contributed by atoms with E-state index in [1.54, 1.807) is 18.2 Å². The lowest BCUT2D eigenvalue weighted by atomic mass is 10.2. The van der Waals surface area contributed by atoms with Crippen molar-refractivity contribution in [3.63, 3.8) is 0 Å². The summed E-state index contributed by atoms with van der Waals surface area (Å²) in [6.45, 7) is 5.83. The van der Waals surface area contributed by atoms with Crippen molar-refractivity contribution in [2.45, 2.75) is 27.4 Å². The predicted octanol–water partition coefficient (Wildman–Crippen LogP) is 2.67. The summed E-state index contributed by atoms with van der Waals surface area (Å²) in [7, 11) is 0. The molecule has 0 aliphatic heterocycles. The van der Waals surface area contributed by atoms with E-state index in [0.717, 1.165) is 10.7 Å². The van der Waals surface area contributed by atoms with Crippen molar-refractivity contribution in [3.05, 3.63) is 45.9 Å². The second kappa shape index (κ2) is 10.4. The van der Waals surface area contributed by atoms with Crippen LogP contribution in [0.1, 0.15) is 34.9 Å². The van der Waals surface area contributed by atoms with E-state index in [1.807, 2.05) is 26.2 Å². The molecule has 1 aromatic carbocycles. The summed E-state index contributed by atoms with van der Waals surface area (Å²) in [5, 5.41) is 7.45. The van der Waals surface area contributed by atoms with Crippen LogP contribution >= 0.6 is 11.3 Å². The molecule has 0 fully saturated rings. The van der Waals surface area contributed by atoms with E-state index in [2.05, 4.69) is 15.6 Å². The predicted molar refractivity (Wildman–Crippen MR) is 104 cm³/mol. The number of nitrogens with one attached hydrogen (secondary N) is 2. The lowest BCUT2D eigenvalue weighted by Crippen LogP contribution is -2.42. The first-order chi connectivity index (χ1) is 13.3. The molecule has 0 unspecified atom stereocenters. The number of esters is 1. The summed E-state index contributed by atoms with van der Waals surface area (Å²) >= 11 is 1.51. The van der Waals surface area contributed by atoms with Gasteiger partial charge in [0.15, 0.2) is 6.61 Å². The van der Waals surface area contributed by atoms with E-state index in [4.69, 9.17) is 9.47 Å². The number of aryl methyl sites for hydroxylation is 1. The molecule has 2 rings (SSSR count). The molecule has 0 spiro atoms. The van der Waals surface area contributed by atoms with Crippen LogP contribution in [-0.2, 0) is 16.1 Å². The van der Waals surface area contributed by atoms with Gasteiger partial charge in [-0.25, -0.2) is 14.6 Å². The third-order valence-corrected chi connectivity index (χ3v) is 4.23. The molecule has 150 valence electrons. The molecular weight excluding hydrogens is 382 g/mol. The molecule has 0 aliphatic rings. The molecule has 2 N–H and O–H groups in total. The first kappa shape index (κ1) is 21.4. The van der Waals surface area contributed by atoms with Gasteiger partial charge in [0.25, 0.3) is 5.91 Å². The van der Waals surface area contributed by atoms with E-state index in [9.17, 15) is 14.4 Å². The van der Waals surface area contributed by atoms with Crippen LogP contribution in [0.15, 0.2) is 29.6 Å².